The van der Waals surface area contributed by atoms with Crippen molar-refractivity contribution in [2.75, 3.05) is 13.7 Å². The zero-order chi connectivity index (χ0) is 33.9. The maximum atomic E-state index is 13.9. The Morgan fingerprint density at radius 2 is 1.55 bits per heavy atom. The second kappa shape index (κ2) is 20.7. The van der Waals surface area contributed by atoms with Crippen LogP contribution in [-0.4, -0.2) is 66.7 Å². The van der Waals surface area contributed by atoms with Gasteiger partial charge in [0.15, 0.2) is 5.78 Å². The van der Waals surface area contributed by atoms with Crippen molar-refractivity contribution >= 4 is 29.8 Å². The average molecular weight is 653 g/mol. The molecule has 2 aliphatic carbocycles. The second-order valence-corrected chi connectivity index (χ2v) is 11.7. The van der Waals surface area contributed by atoms with Gasteiger partial charge in [-0.3, -0.25) is 9.59 Å². The van der Waals surface area contributed by atoms with Gasteiger partial charge in [0.05, 0.1) is 43.7 Å². The maximum absolute atomic E-state index is 13.9. The van der Waals surface area contributed by atoms with Crippen LogP contribution >= 0.6 is 0 Å². The largest absolute Gasteiger partial charge is 0.478 e. The molecule has 0 unspecified atom stereocenters. The molecule has 0 aliphatic heterocycles. The number of nitrogens with one attached hydrogen (secondary N) is 2. The fraction of sp³-hybridized carbons (Fsp3) is 0.514. The smallest absolute Gasteiger partial charge is 0.408 e. The van der Waals surface area contributed by atoms with Gasteiger partial charge in [0.25, 0.3) is 0 Å². The Morgan fingerprint density at radius 3 is 2.13 bits per heavy atom. The van der Waals surface area contributed by atoms with Crippen LogP contribution < -0.4 is 10.6 Å². The third kappa shape index (κ3) is 14.3. The third-order valence-corrected chi connectivity index (χ3v) is 8.03. The van der Waals surface area contributed by atoms with Gasteiger partial charge in [0.1, 0.15) is 18.5 Å². The van der Waals surface area contributed by atoms with Crippen LogP contribution in [0.4, 0.5) is 9.18 Å². The third-order valence-electron chi connectivity index (χ3n) is 8.03. The number of Topliss-reactive ketones (excluding diaryl/α,β-unsaturated/α-hetero) is 1. The number of carbonyl (C=O) groups excluding carboxylic acids is 3. The van der Waals surface area contributed by atoms with E-state index in [9.17, 15) is 23.6 Å². The molecule has 2 saturated carbocycles. The van der Waals surface area contributed by atoms with Crippen LogP contribution in [-0.2, 0) is 32.2 Å². The number of amides is 1. The Hall–Kier alpha value is -4.41. The van der Waals surface area contributed by atoms with Gasteiger partial charge in [-0.05, 0) is 49.4 Å². The first-order chi connectivity index (χ1) is 22.7. The Bertz CT molecular complexity index is 1350. The fourth-order valence-corrected chi connectivity index (χ4v) is 5.31. The molecule has 0 aromatic heterocycles. The number of ether oxygens (including phenoxy) is 2. The molecule has 1 atom stereocenters. The predicted octanol–water partition coefficient (Wildman–Crippen LogP) is 5.87. The Kier molecular flexibility index (Phi) is 16.3. The monoisotopic (exact) mass is 652 g/mol. The number of hydrogen-bond acceptors (Lipinski definition) is 9. The maximum Gasteiger partial charge on any atom is 0.408 e. The number of aliphatic imine (C=N–C) groups is 2. The van der Waals surface area contributed by atoms with Crippen LogP contribution in [0.3, 0.4) is 0 Å². The van der Waals surface area contributed by atoms with E-state index < -0.39 is 42.1 Å². The highest BCUT2D eigenvalue weighted by Crippen LogP contribution is 2.21. The predicted molar refractivity (Wildman–Crippen MR) is 174 cm³/mol. The summed E-state index contributed by atoms with van der Waals surface area (Å²) in [6.07, 6.45) is 11.9. The van der Waals surface area contributed by atoms with Crippen LogP contribution in [0.25, 0.3) is 0 Å². The number of carbonyl (C=O) groups is 4. The van der Waals surface area contributed by atoms with Crippen molar-refractivity contribution in [1.29, 1.82) is 0 Å². The van der Waals surface area contributed by atoms with Crippen molar-refractivity contribution < 1.29 is 38.1 Å². The molecule has 2 aromatic rings. The van der Waals surface area contributed by atoms with Gasteiger partial charge in [0.2, 0.25) is 0 Å². The number of nitrogens with zero attached hydrogens (tertiary/aromatic N) is 2. The van der Waals surface area contributed by atoms with Crippen molar-refractivity contribution in [1.82, 2.24) is 10.6 Å². The summed E-state index contributed by atoms with van der Waals surface area (Å²) >= 11 is 0. The van der Waals surface area contributed by atoms with Gasteiger partial charge >= 0.3 is 18.0 Å². The summed E-state index contributed by atoms with van der Waals surface area (Å²) in [6, 6.07) is 15.0. The molecule has 0 heterocycles. The van der Waals surface area contributed by atoms with E-state index in [0.29, 0.717) is 12.1 Å². The summed E-state index contributed by atoms with van der Waals surface area (Å²) in [5.41, 5.74) is 0.698. The van der Waals surface area contributed by atoms with Crippen molar-refractivity contribution in [2.45, 2.75) is 102 Å². The van der Waals surface area contributed by atoms with E-state index in [2.05, 4.69) is 31.4 Å². The number of alkyl carbamates (subject to hydrolysis) is 1. The summed E-state index contributed by atoms with van der Waals surface area (Å²) in [6.45, 7) is -0.483. The lowest BCUT2D eigenvalue weighted by Crippen LogP contribution is -2.46. The number of aromatic carboxylic acids is 1. The number of methoxy groups -OCH3 is 1. The second-order valence-electron chi connectivity index (χ2n) is 11.7. The average Bonchev–Trinajstić information content (AvgIpc) is 3.09. The number of halogens is 1. The van der Waals surface area contributed by atoms with E-state index >= 15 is 0 Å². The van der Waals surface area contributed by atoms with E-state index in [4.69, 9.17) is 9.84 Å². The Labute approximate surface area is 275 Å². The standard InChI is InChI=1S/C22H23FN2O7.C13H22N2/c1-31-20(27)10-18(25-22(30)32-13-14-5-3-2-4-6-14)19(26)12-24-11-16-9-15(21(28)29)7-8-17(16)23;1-3-7-12(8-4-1)14-11-15-13-9-5-2-6-10-13/h2-9,18,24H,10-13H2,1H3,(H,25,30)(H,28,29);12-13H,1-10H2/t18-;/m0./s1. The number of carboxylic acid groups (broad SMARTS) is 1. The van der Waals surface area contributed by atoms with E-state index in [1.807, 2.05) is 6.07 Å². The van der Waals surface area contributed by atoms with Crippen LogP contribution in [0.2, 0.25) is 0 Å². The number of carboxylic acids is 1. The van der Waals surface area contributed by atoms with E-state index in [1.165, 1.54) is 64.2 Å². The number of rotatable bonds is 13. The number of ketones is 1. The number of hydrogen-bond donors (Lipinski definition) is 3. The van der Waals surface area contributed by atoms with Crippen LogP contribution in [0.15, 0.2) is 58.5 Å². The fourth-order valence-electron chi connectivity index (χ4n) is 5.31. The molecule has 0 bridgehead atoms. The highest BCUT2D eigenvalue weighted by molar-refractivity contribution is 5.92. The number of benzene rings is 2. The Balaban J connectivity index is 0.000000331. The van der Waals surface area contributed by atoms with Gasteiger partial charge in [-0.15, -0.1) is 0 Å². The molecule has 0 saturated heterocycles. The summed E-state index contributed by atoms with van der Waals surface area (Å²) in [5, 5.41) is 14.0. The quantitative estimate of drug-likeness (QED) is 0.179. The molecule has 12 heteroatoms. The van der Waals surface area contributed by atoms with Crippen LogP contribution in [0.5, 0.6) is 0 Å². The van der Waals surface area contributed by atoms with Gasteiger partial charge in [-0.2, -0.15) is 0 Å². The molecule has 0 spiro atoms. The van der Waals surface area contributed by atoms with Crippen molar-refractivity contribution in [3.05, 3.63) is 71.0 Å². The lowest BCUT2D eigenvalue weighted by atomic mass is 9.96. The molecule has 4 rings (SSSR count). The normalized spacial score (nSPS) is 15.5. The van der Waals surface area contributed by atoms with Crippen LogP contribution in [0, 0.1) is 5.82 Å². The van der Waals surface area contributed by atoms with Gasteiger partial charge in [-0.25, -0.2) is 24.0 Å². The molecule has 11 nitrogen and oxygen atoms in total. The van der Waals surface area contributed by atoms with E-state index in [-0.39, 0.29) is 30.8 Å². The summed E-state index contributed by atoms with van der Waals surface area (Å²) < 4.78 is 23.5. The number of esters is 1. The van der Waals surface area contributed by atoms with Gasteiger partial charge in [-0.1, -0.05) is 68.9 Å². The zero-order valence-electron chi connectivity index (χ0n) is 26.9. The minimum Gasteiger partial charge on any atom is -0.478 e. The minimum absolute atomic E-state index is 0.0246. The SMILES string of the molecule is C(=NC1CCCCC1)=NC1CCCCC1.COC(=O)C[C@H](NC(=O)OCc1ccccc1)C(=O)CNCc1cc(C(=O)O)ccc1F. The molecule has 2 aromatic carbocycles. The first-order valence-corrected chi connectivity index (χ1v) is 16.2. The highest BCUT2D eigenvalue weighted by Gasteiger charge is 2.25. The first-order valence-electron chi connectivity index (χ1n) is 16.2. The molecule has 2 fully saturated rings. The van der Waals surface area contributed by atoms with E-state index in [1.54, 1.807) is 24.3 Å². The van der Waals surface area contributed by atoms with Crippen molar-refractivity contribution in [3.8, 4) is 0 Å². The minimum atomic E-state index is -1.23. The van der Waals surface area contributed by atoms with Gasteiger partial charge in [0, 0.05) is 12.1 Å². The van der Waals surface area contributed by atoms with Crippen LogP contribution in [0.1, 0.15) is 92.1 Å². The molecular formula is C35H45FN4O7. The summed E-state index contributed by atoms with van der Waals surface area (Å²) in [7, 11) is 1.15. The first kappa shape index (κ1) is 37.1. The Morgan fingerprint density at radius 1 is 0.936 bits per heavy atom. The molecular weight excluding hydrogens is 607 g/mol. The lowest BCUT2D eigenvalue weighted by molar-refractivity contribution is -0.142. The molecule has 1 amide bonds. The molecule has 0 radical (unpaired) electrons. The lowest BCUT2D eigenvalue weighted by Gasteiger charge is -2.17. The van der Waals surface area contributed by atoms with E-state index in [0.717, 1.165) is 30.9 Å². The van der Waals surface area contributed by atoms with Crippen molar-refractivity contribution in [2.24, 2.45) is 9.98 Å². The molecule has 2 aliphatic rings. The summed E-state index contributed by atoms with van der Waals surface area (Å²) in [5.74, 6) is -3.13. The molecule has 47 heavy (non-hydrogen) atoms. The zero-order valence-corrected chi connectivity index (χ0v) is 26.9. The van der Waals surface area contributed by atoms with Crippen molar-refractivity contribution in [3.63, 3.8) is 0 Å². The summed E-state index contributed by atoms with van der Waals surface area (Å²) in [4.78, 5) is 56.2. The molecule has 3 N–H and O–H groups in total. The highest BCUT2D eigenvalue weighted by atomic mass is 19.1. The topological polar surface area (TPSA) is 156 Å². The molecule has 254 valence electrons. The van der Waals surface area contributed by atoms with Gasteiger partial charge < -0.3 is 25.2 Å².